The average Bonchev–Trinajstić information content (AvgIpc) is 3.19. The molecule has 1 saturated carbocycles. The van der Waals surface area contributed by atoms with Crippen molar-refractivity contribution in [2.75, 3.05) is 6.54 Å². The highest BCUT2D eigenvalue weighted by Crippen LogP contribution is 2.26. The lowest BCUT2D eigenvalue weighted by atomic mass is 10.1. The van der Waals surface area contributed by atoms with E-state index in [9.17, 15) is 4.79 Å². The van der Waals surface area contributed by atoms with Gasteiger partial charge in [0, 0.05) is 30.6 Å². The quantitative estimate of drug-likeness (QED) is 0.835. The molecule has 1 atom stereocenters. The largest absolute Gasteiger partial charge is 0.338 e. The summed E-state index contributed by atoms with van der Waals surface area (Å²) in [5, 5.41) is 7.46. The Morgan fingerprint density at radius 3 is 2.65 bits per heavy atom. The second-order valence-corrected chi connectivity index (χ2v) is 7.35. The maximum atomic E-state index is 12.4. The van der Waals surface area contributed by atoms with E-state index in [1.54, 1.807) is 0 Å². The van der Waals surface area contributed by atoms with E-state index in [-0.39, 0.29) is 11.9 Å². The van der Waals surface area contributed by atoms with Crippen LogP contribution in [0, 0.1) is 0 Å². The summed E-state index contributed by atoms with van der Waals surface area (Å²) >= 11 is 0. The lowest BCUT2D eigenvalue weighted by Crippen LogP contribution is -2.38. The van der Waals surface area contributed by atoms with Gasteiger partial charge in [0.1, 0.15) is 0 Å². The van der Waals surface area contributed by atoms with E-state index in [4.69, 9.17) is 4.52 Å². The Hall–Kier alpha value is -2.21. The molecule has 0 spiro atoms. The van der Waals surface area contributed by atoms with Gasteiger partial charge in [-0.3, -0.25) is 4.79 Å². The third kappa shape index (κ3) is 3.96. The van der Waals surface area contributed by atoms with Gasteiger partial charge in [-0.15, -0.1) is 0 Å². The van der Waals surface area contributed by atoms with Gasteiger partial charge < -0.3 is 14.7 Å². The summed E-state index contributed by atoms with van der Waals surface area (Å²) < 4.78 is 5.34. The molecule has 26 heavy (non-hydrogen) atoms. The molecule has 2 aliphatic rings. The topological polar surface area (TPSA) is 71.3 Å². The van der Waals surface area contributed by atoms with E-state index in [0.717, 1.165) is 24.9 Å². The van der Waals surface area contributed by atoms with Crippen LogP contribution in [0.1, 0.15) is 50.8 Å². The molecule has 1 aliphatic heterocycles. The molecule has 1 aromatic carbocycles. The lowest BCUT2D eigenvalue weighted by molar-refractivity contribution is -0.129. The summed E-state index contributed by atoms with van der Waals surface area (Å²) in [6.45, 7) is 1.29. The van der Waals surface area contributed by atoms with Crippen molar-refractivity contribution in [3.8, 4) is 11.4 Å². The Bertz CT molecular complexity index is 722. The number of nitrogens with one attached hydrogen (secondary N) is 1. The minimum atomic E-state index is 0.165. The zero-order chi connectivity index (χ0) is 17.8. The van der Waals surface area contributed by atoms with Crippen molar-refractivity contribution >= 4 is 5.91 Å². The van der Waals surface area contributed by atoms with Crippen molar-refractivity contribution < 1.29 is 9.32 Å². The second-order valence-electron chi connectivity index (χ2n) is 7.35. The van der Waals surface area contributed by atoms with Crippen LogP contribution < -0.4 is 5.32 Å². The summed E-state index contributed by atoms with van der Waals surface area (Å²) in [5.41, 5.74) is 0.943. The van der Waals surface area contributed by atoms with Crippen molar-refractivity contribution in [3.05, 3.63) is 36.2 Å². The van der Waals surface area contributed by atoms with Crippen LogP contribution in [0.4, 0.5) is 0 Å². The lowest BCUT2D eigenvalue weighted by Gasteiger charge is -2.27. The summed E-state index contributed by atoms with van der Waals surface area (Å²) in [7, 11) is 0. The molecule has 2 heterocycles. The third-order valence-electron chi connectivity index (χ3n) is 5.47. The van der Waals surface area contributed by atoms with Crippen molar-refractivity contribution in [3.63, 3.8) is 0 Å². The fraction of sp³-hybridized carbons (Fsp3) is 0.550. The zero-order valence-electron chi connectivity index (χ0n) is 15.1. The molecule has 6 nitrogen and oxygen atoms in total. The number of hydrogen-bond donors (Lipinski definition) is 1. The number of hydrogen-bond acceptors (Lipinski definition) is 5. The van der Waals surface area contributed by atoms with Crippen LogP contribution in [0.2, 0.25) is 0 Å². The first-order valence-corrected chi connectivity index (χ1v) is 9.70. The van der Waals surface area contributed by atoms with Gasteiger partial charge in [-0.2, -0.15) is 4.98 Å². The molecule has 1 amide bonds. The fourth-order valence-corrected chi connectivity index (χ4v) is 4.05. The monoisotopic (exact) mass is 354 g/mol. The number of nitrogens with zero attached hydrogens (tertiary/aromatic N) is 3. The fourth-order valence-electron chi connectivity index (χ4n) is 4.05. The summed E-state index contributed by atoms with van der Waals surface area (Å²) in [4.78, 5) is 19.0. The zero-order valence-corrected chi connectivity index (χ0v) is 15.1. The van der Waals surface area contributed by atoms with E-state index in [1.807, 2.05) is 30.3 Å². The van der Waals surface area contributed by atoms with Gasteiger partial charge in [0.25, 0.3) is 0 Å². The third-order valence-corrected chi connectivity index (χ3v) is 5.47. The van der Waals surface area contributed by atoms with Crippen molar-refractivity contribution in [2.45, 2.75) is 63.6 Å². The summed E-state index contributed by atoms with van der Waals surface area (Å²) in [5.74, 6) is 1.44. The van der Waals surface area contributed by atoms with Crippen molar-refractivity contribution in [1.82, 2.24) is 20.4 Å². The van der Waals surface area contributed by atoms with E-state index in [1.165, 1.54) is 25.7 Å². The molecule has 0 unspecified atom stereocenters. The van der Waals surface area contributed by atoms with Crippen LogP contribution in [0.5, 0.6) is 0 Å². The van der Waals surface area contributed by atoms with Gasteiger partial charge >= 0.3 is 0 Å². The van der Waals surface area contributed by atoms with Gasteiger partial charge in [0.05, 0.1) is 6.54 Å². The average molecular weight is 354 g/mol. The van der Waals surface area contributed by atoms with Crippen molar-refractivity contribution in [1.29, 1.82) is 0 Å². The first kappa shape index (κ1) is 17.2. The standard InChI is InChI=1S/C20H26N4O2/c25-19-12-16(14-24(19)17-10-6-1-2-7-11-17)21-13-18-22-20(23-26-18)15-8-4-3-5-9-15/h3-5,8-9,16-17,21H,1-2,6-7,10-14H2/t16-/m0/s1. The number of amides is 1. The van der Waals surface area contributed by atoms with Gasteiger partial charge in [0.2, 0.25) is 17.6 Å². The van der Waals surface area contributed by atoms with E-state index < -0.39 is 0 Å². The summed E-state index contributed by atoms with van der Waals surface area (Å²) in [6.07, 6.45) is 7.98. The molecule has 0 bridgehead atoms. The Morgan fingerprint density at radius 1 is 1.12 bits per heavy atom. The minimum Gasteiger partial charge on any atom is -0.338 e. The molecule has 6 heteroatoms. The Labute approximate surface area is 154 Å². The molecular weight excluding hydrogens is 328 g/mol. The number of aromatic nitrogens is 2. The molecular formula is C20H26N4O2. The van der Waals surface area contributed by atoms with E-state index >= 15 is 0 Å². The van der Waals surface area contributed by atoms with Crippen LogP contribution >= 0.6 is 0 Å². The molecule has 2 aromatic rings. The van der Waals surface area contributed by atoms with Crippen LogP contribution in [-0.2, 0) is 11.3 Å². The van der Waals surface area contributed by atoms with Gasteiger partial charge in [-0.1, -0.05) is 61.2 Å². The van der Waals surface area contributed by atoms with Crippen molar-refractivity contribution in [2.24, 2.45) is 0 Å². The van der Waals surface area contributed by atoms with Gasteiger partial charge in [-0.05, 0) is 12.8 Å². The Balaban J connectivity index is 1.31. The Kier molecular flexibility index (Phi) is 5.29. The number of likely N-dealkylation sites (tertiary alicyclic amines) is 1. The Morgan fingerprint density at radius 2 is 1.88 bits per heavy atom. The highest BCUT2D eigenvalue weighted by atomic mass is 16.5. The van der Waals surface area contributed by atoms with Crippen LogP contribution in [-0.4, -0.2) is 39.6 Å². The maximum Gasteiger partial charge on any atom is 0.240 e. The predicted molar refractivity (Wildman–Crippen MR) is 98.2 cm³/mol. The van der Waals surface area contributed by atoms with Crippen LogP contribution in [0.3, 0.4) is 0 Å². The highest BCUT2D eigenvalue weighted by molar-refractivity contribution is 5.79. The number of benzene rings is 1. The molecule has 1 aliphatic carbocycles. The normalized spacial score (nSPS) is 21.9. The first-order valence-electron chi connectivity index (χ1n) is 9.70. The van der Waals surface area contributed by atoms with E-state index in [0.29, 0.717) is 30.7 Å². The smallest absolute Gasteiger partial charge is 0.240 e. The number of rotatable bonds is 5. The second kappa shape index (κ2) is 7.99. The molecule has 4 rings (SSSR count). The maximum absolute atomic E-state index is 12.4. The van der Waals surface area contributed by atoms with Crippen LogP contribution in [0.25, 0.3) is 11.4 Å². The van der Waals surface area contributed by atoms with Gasteiger partial charge in [0.15, 0.2) is 0 Å². The SMILES string of the molecule is O=C1C[C@H](NCc2nc(-c3ccccc3)no2)CN1C1CCCCCC1. The molecule has 138 valence electrons. The predicted octanol–water partition coefficient (Wildman–Crippen LogP) is 3.15. The van der Waals surface area contributed by atoms with Gasteiger partial charge in [-0.25, -0.2) is 0 Å². The molecule has 0 radical (unpaired) electrons. The summed E-state index contributed by atoms with van der Waals surface area (Å²) in [6, 6.07) is 10.4. The highest BCUT2D eigenvalue weighted by Gasteiger charge is 2.34. The minimum absolute atomic E-state index is 0.165. The molecule has 1 N–H and O–H groups in total. The molecule has 1 aromatic heterocycles. The number of carbonyl (C=O) groups excluding carboxylic acids is 1. The number of carbonyl (C=O) groups is 1. The molecule has 2 fully saturated rings. The van der Waals surface area contributed by atoms with Crippen LogP contribution in [0.15, 0.2) is 34.9 Å². The first-order chi connectivity index (χ1) is 12.8. The van der Waals surface area contributed by atoms with E-state index in [2.05, 4.69) is 20.4 Å². The molecule has 1 saturated heterocycles.